The molecule has 0 bridgehead atoms. The first-order chi connectivity index (χ1) is 8.61. The predicted octanol–water partition coefficient (Wildman–Crippen LogP) is 2.12. The van der Waals surface area contributed by atoms with Gasteiger partial charge in [0.1, 0.15) is 5.82 Å². The van der Waals surface area contributed by atoms with Gasteiger partial charge >= 0.3 is 0 Å². The molecule has 0 fully saturated rings. The summed E-state index contributed by atoms with van der Waals surface area (Å²) in [5.41, 5.74) is 0.728. The van der Waals surface area contributed by atoms with Crippen molar-refractivity contribution in [3.05, 3.63) is 41.7 Å². The fourth-order valence-corrected chi connectivity index (χ4v) is 1.51. The molecule has 1 amide bonds. The standard InChI is InChI=1S/C14H18FNO2/c1-11(8-9-17)16-14(18)7-3-5-12-4-2-6-13(15)10-12/h2-6,10-11,17H,7-9H2,1H3,(H,16,18)/b5-3+. The average Bonchev–Trinajstić information content (AvgIpc) is 2.29. The highest BCUT2D eigenvalue weighted by Crippen LogP contribution is 2.05. The van der Waals surface area contributed by atoms with Crippen molar-refractivity contribution in [1.82, 2.24) is 5.32 Å². The van der Waals surface area contributed by atoms with E-state index in [1.807, 2.05) is 6.92 Å². The molecule has 0 aliphatic rings. The molecule has 98 valence electrons. The Kier molecular flexibility index (Phi) is 6.08. The summed E-state index contributed by atoms with van der Waals surface area (Å²) < 4.78 is 12.9. The fraction of sp³-hybridized carbons (Fsp3) is 0.357. The molecular weight excluding hydrogens is 233 g/mol. The molecule has 0 spiro atoms. The molecule has 3 nitrogen and oxygen atoms in total. The lowest BCUT2D eigenvalue weighted by molar-refractivity contribution is -0.120. The first-order valence-corrected chi connectivity index (χ1v) is 5.94. The van der Waals surface area contributed by atoms with E-state index in [2.05, 4.69) is 5.32 Å². The first-order valence-electron chi connectivity index (χ1n) is 5.94. The van der Waals surface area contributed by atoms with Crippen LogP contribution in [0.25, 0.3) is 6.08 Å². The van der Waals surface area contributed by atoms with E-state index in [4.69, 9.17) is 5.11 Å². The van der Waals surface area contributed by atoms with Gasteiger partial charge in [-0.15, -0.1) is 0 Å². The van der Waals surface area contributed by atoms with Crippen molar-refractivity contribution in [3.8, 4) is 0 Å². The second-order valence-corrected chi connectivity index (χ2v) is 4.14. The molecule has 1 rings (SSSR count). The molecule has 1 atom stereocenters. The van der Waals surface area contributed by atoms with Crippen molar-refractivity contribution >= 4 is 12.0 Å². The summed E-state index contributed by atoms with van der Waals surface area (Å²) in [4.78, 5) is 11.5. The van der Waals surface area contributed by atoms with Gasteiger partial charge in [0.25, 0.3) is 0 Å². The number of rotatable bonds is 6. The lowest BCUT2D eigenvalue weighted by Crippen LogP contribution is -2.32. The highest BCUT2D eigenvalue weighted by molar-refractivity contribution is 5.78. The highest BCUT2D eigenvalue weighted by atomic mass is 19.1. The molecule has 0 radical (unpaired) electrons. The summed E-state index contributed by atoms with van der Waals surface area (Å²) in [6.07, 6.45) is 4.18. The van der Waals surface area contributed by atoms with Crippen molar-refractivity contribution in [2.24, 2.45) is 0 Å². The van der Waals surface area contributed by atoms with Crippen molar-refractivity contribution < 1.29 is 14.3 Å². The van der Waals surface area contributed by atoms with E-state index in [1.165, 1.54) is 12.1 Å². The molecule has 2 N–H and O–H groups in total. The zero-order chi connectivity index (χ0) is 13.4. The molecule has 18 heavy (non-hydrogen) atoms. The third-order valence-electron chi connectivity index (χ3n) is 2.43. The number of nitrogens with one attached hydrogen (secondary N) is 1. The second-order valence-electron chi connectivity index (χ2n) is 4.14. The molecule has 1 unspecified atom stereocenters. The van der Waals surface area contributed by atoms with E-state index in [9.17, 15) is 9.18 Å². The van der Waals surface area contributed by atoms with Crippen LogP contribution < -0.4 is 5.32 Å². The number of halogens is 1. The van der Waals surface area contributed by atoms with E-state index < -0.39 is 0 Å². The largest absolute Gasteiger partial charge is 0.396 e. The minimum atomic E-state index is -0.293. The molecule has 1 aromatic rings. The molecule has 4 heteroatoms. The molecule has 0 aliphatic carbocycles. The van der Waals surface area contributed by atoms with Gasteiger partial charge in [0.05, 0.1) is 0 Å². The third-order valence-corrected chi connectivity index (χ3v) is 2.43. The van der Waals surface area contributed by atoms with E-state index >= 15 is 0 Å². The number of hydrogen-bond donors (Lipinski definition) is 2. The molecule has 0 heterocycles. The van der Waals surface area contributed by atoms with Crippen LogP contribution in [0.5, 0.6) is 0 Å². The van der Waals surface area contributed by atoms with Crippen molar-refractivity contribution in [2.75, 3.05) is 6.61 Å². The summed E-state index contributed by atoms with van der Waals surface area (Å²) in [5, 5.41) is 11.5. The van der Waals surface area contributed by atoms with Gasteiger partial charge in [-0.2, -0.15) is 0 Å². The number of benzene rings is 1. The zero-order valence-corrected chi connectivity index (χ0v) is 10.4. The van der Waals surface area contributed by atoms with Crippen LogP contribution in [0.15, 0.2) is 30.3 Å². The Bertz CT molecular complexity index is 418. The zero-order valence-electron chi connectivity index (χ0n) is 10.4. The van der Waals surface area contributed by atoms with Gasteiger partial charge < -0.3 is 10.4 Å². The Morgan fingerprint density at radius 2 is 2.33 bits per heavy atom. The summed E-state index contributed by atoms with van der Waals surface area (Å²) in [6.45, 7) is 1.89. The van der Waals surface area contributed by atoms with Crippen LogP contribution in [0.3, 0.4) is 0 Å². The lowest BCUT2D eigenvalue weighted by atomic mass is 10.2. The maximum Gasteiger partial charge on any atom is 0.224 e. The number of hydrogen-bond acceptors (Lipinski definition) is 2. The topological polar surface area (TPSA) is 49.3 Å². The van der Waals surface area contributed by atoms with Crippen molar-refractivity contribution in [1.29, 1.82) is 0 Å². The quantitative estimate of drug-likeness (QED) is 0.813. The monoisotopic (exact) mass is 251 g/mol. The van der Waals surface area contributed by atoms with Crippen LogP contribution in [0.1, 0.15) is 25.3 Å². The van der Waals surface area contributed by atoms with E-state index in [1.54, 1.807) is 24.3 Å². The third kappa shape index (κ3) is 5.59. The summed E-state index contributed by atoms with van der Waals surface area (Å²) in [6, 6.07) is 6.14. The summed E-state index contributed by atoms with van der Waals surface area (Å²) in [7, 11) is 0. The van der Waals surface area contributed by atoms with Crippen LogP contribution in [0.4, 0.5) is 4.39 Å². The molecule has 0 saturated heterocycles. The van der Waals surface area contributed by atoms with E-state index in [0.29, 0.717) is 6.42 Å². The number of aliphatic hydroxyl groups excluding tert-OH is 1. The van der Waals surface area contributed by atoms with Crippen LogP contribution in [-0.4, -0.2) is 23.7 Å². The highest BCUT2D eigenvalue weighted by Gasteiger charge is 2.04. The van der Waals surface area contributed by atoms with Gasteiger partial charge in [0, 0.05) is 19.1 Å². The van der Waals surface area contributed by atoms with Crippen LogP contribution in [0.2, 0.25) is 0 Å². The Balaban J connectivity index is 2.38. The number of carbonyl (C=O) groups is 1. The Labute approximate surface area is 106 Å². The van der Waals surface area contributed by atoms with Crippen LogP contribution in [0, 0.1) is 5.82 Å². The van der Waals surface area contributed by atoms with Crippen molar-refractivity contribution in [2.45, 2.75) is 25.8 Å². The molecule has 0 saturated carbocycles. The summed E-state index contributed by atoms with van der Waals surface area (Å²) in [5.74, 6) is -0.401. The van der Waals surface area contributed by atoms with Gasteiger partial charge in [-0.25, -0.2) is 4.39 Å². The van der Waals surface area contributed by atoms with E-state index in [-0.39, 0.29) is 30.8 Å². The van der Waals surface area contributed by atoms with E-state index in [0.717, 1.165) is 5.56 Å². The fourth-order valence-electron chi connectivity index (χ4n) is 1.51. The second kappa shape index (κ2) is 7.61. The maximum atomic E-state index is 12.9. The normalized spacial score (nSPS) is 12.6. The first kappa shape index (κ1) is 14.4. The van der Waals surface area contributed by atoms with Gasteiger partial charge in [-0.3, -0.25) is 4.79 Å². The molecule has 0 aliphatic heterocycles. The number of aliphatic hydroxyl groups is 1. The SMILES string of the molecule is CC(CCO)NC(=O)C/C=C/c1cccc(F)c1. The van der Waals surface area contributed by atoms with Crippen LogP contribution in [-0.2, 0) is 4.79 Å². The molecule has 1 aromatic carbocycles. The van der Waals surface area contributed by atoms with Gasteiger partial charge in [-0.05, 0) is 31.0 Å². The Morgan fingerprint density at radius 1 is 1.56 bits per heavy atom. The van der Waals surface area contributed by atoms with Crippen LogP contribution >= 0.6 is 0 Å². The van der Waals surface area contributed by atoms with Gasteiger partial charge in [0.2, 0.25) is 5.91 Å². The Morgan fingerprint density at radius 3 is 3.00 bits per heavy atom. The molecule has 0 aromatic heterocycles. The maximum absolute atomic E-state index is 12.9. The minimum absolute atomic E-state index is 0.0370. The Hall–Kier alpha value is -1.68. The number of carbonyl (C=O) groups excluding carboxylic acids is 1. The van der Waals surface area contributed by atoms with Crippen molar-refractivity contribution in [3.63, 3.8) is 0 Å². The molecular formula is C14H18FNO2. The summed E-state index contributed by atoms with van der Waals surface area (Å²) >= 11 is 0. The predicted molar refractivity (Wildman–Crippen MR) is 69.4 cm³/mol. The minimum Gasteiger partial charge on any atom is -0.396 e. The smallest absolute Gasteiger partial charge is 0.224 e. The van der Waals surface area contributed by atoms with Gasteiger partial charge in [0.15, 0.2) is 0 Å². The number of amides is 1. The lowest BCUT2D eigenvalue weighted by Gasteiger charge is -2.10. The van der Waals surface area contributed by atoms with Gasteiger partial charge in [-0.1, -0.05) is 24.3 Å². The average molecular weight is 251 g/mol.